The first-order valence-electron chi connectivity index (χ1n) is 11.3. The highest BCUT2D eigenvalue weighted by molar-refractivity contribution is 7.99. The van der Waals surface area contributed by atoms with E-state index in [1.165, 1.54) is 22.9 Å². The maximum Gasteiger partial charge on any atom is 0.407 e. The second-order valence-electron chi connectivity index (χ2n) is 8.35. The molecule has 1 fully saturated rings. The molecule has 0 unspecified atom stereocenters. The molecular formula is C25H28N2O6S. The van der Waals surface area contributed by atoms with Crippen molar-refractivity contribution in [1.29, 1.82) is 0 Å². The maximum absolute atomic E-state index is 12.2. The molecule has 180 valence electrons. The van der Waals surface area contributed by atoms with Gasteiger partial charge in [-0.25, -0.2) is 9.59 Å². The number of rotatable bonds is 9. The van der Waals surface area contributed by atoms with Crippen LogP contribution in [0.5, 0.6) is 0 Å². The summed E-state index contributed by atoms with van der Waals surface area (Å²) in [5, 5.41) is 14.9. The summed E-state index contributed by atoms with van der Waals surface area (Å²) >= 11 is 1.32. The summed E-state index contributed by atoms with van der Waals surface area (Å²) in [6.45, 7) is 1.20. The molecule has 1 aliphatic carbocycles. The third-order valence-corrected chi connectivity index (χ3v) is 7.19. The smallest absolute Gasteiger partial charge is 0.407 e. The van der Waals surface area contributed by atoms with Crippen LogP contribution in [-0.2, 0) is 19.1 Å². The molecule has 9 heteroatoms. The fraction of sp³-hybridized carbons (Fsp3) is 0.400. The molecule has 1 aliphatic heterocycles. The van der Waals surface area contributed by atoms with Crippen LogP contribution in [0.15, 0.2) is 48.5 Å². The van der Waals surface area contributed by atoms with E-state index < -0.39 is 17.6 Å². The molecule has 0 aromatic heterocycles. The first kappa shape index (κ1) is 24.1. The number of fused-ring (bicyclic) bond motifs is 3. The molecule has 8 nitrogen and oxygen atoms in total. The third kappa shape index (κ3) is 5.37. The van der Waals surface area contributed by atoms with Crippen LogP contribution in [0.4, 0.5) is 4.79 Å². The lowest BCUT2D eigenvalue weighted by atomic mass is 9.90. The Balaban J connectivity index is 1.17. The minimum absolute atomic E-state index is 0.00274. The summed E-state index contributed by atoms with van der Waals surface area (Å²) in [5.41, 5.74) is 3.40. The Morgan fingerprint density at radius 1 is 1.03 bits per heavy atom. The largest absolute Gasteiger partial charge is 0.480 e. The third-order valence-electron chi connectivity index (χ3n) is 6.23. The zero-order valence-electron chi connectivity index (χ0n) is 18.7. The van der Waals surface area contributed by atoms with Gasteiger partial charge in [-0.05, 0) is 22.3 Å². The molecule has 4 rings (SSSR count). The molecule has 0 radical (unpaired) electrons. The SMILES string of the molecule is O=C(CSCCNC(=O)OCC1c2ccccc2-c2ccccc21)NC1(C(=O)O)CCOCC1. The fourth-order valence-corrected chi connectivity index (χ4v) is 5.10. The Bertz CT molecular complexity index is 1010. The number of amides is 2. The molecule has 0 saturated carbocycles. The van der Waals surface area contributed by atoms with Crippen molar-refractivity contribution in [1.82, 2.24) is 10.6 Å². The average Bonchev–Trinajstić information content (AvgIpc) is 3.17. The second-order valence-corrected chi connectivity index (χ2v) is 9.46. The van der Waals surface area contributed by atoms with Crippen LogP contribution in [0.1, 0.15) is 29.9 Å². The molecule has 3 N–H and O–H groups in total. The number of aliphatic carboxylic acids is 1. The standard InChI is InChI=1S/C25H28N2O6S/c28-22(27-25(23(29)30)9-12-32-13-10-25)16-34-14-11-26-24(31)33-15-21-19-7-3-1-5-17(19)18-6-2-4-8-20(18)21/h1-8,21H,9-16H2,(H,26,31)(H,27,28)(H,29,30). The molecule has 2 amide bonds. The predicted octanol–water partition coefficient (Wildman–Crippen LogP) is 3.01. The first-order chi connectivity index (χ1) is 16.5. The molecule has 0 bridgehead atoms. The minimum Gasteiger partial charge on any atom is -0.480 e. The molecule has 34 heavy (non-hydrogen) atoms. The van der Waals surface area contributed by atoms with Gasteiger partial charge in [0.1, 0.15) is 12.1 Å². The van der Waals surface area contributed by atoms with Crippen molar-refractivity contribution in [3.05, 3.63) is 59.7 Å². The Kier molecular flexibility index (Phi) is 7.74. The van der Waals surface area contributed by atoms with Crippen LogP contribution in [-0.4, -0.2) is 66.5 Å². The molecule has 1 heterocycles. The summed E-state index contributed by atoms with van der Waals surface area (Å²) in [4.78, 5) is 36.0. The first-order valence-corrected chi connectivity index (χ1v) is 12.4. The Labute approximate surface area is 202 Å². The summed E-state index contributed by atoms with van der Waals surface area (Å²) in [6.07, 6.45) is 0.00315. The number of carbonyl (C=O) groups is 3. The van der Waals surface area contributed by atoms with Gasteiger partial charge < -0.3 is 25.2 Å². The molecular weight excluding hydrogens is 456 g/mol. The summed E-state index contributed by atoms with van der Waals surface area (Å²) in [5.74, 6) is -0.757. The number of nitrogens with one attached hydrogen (secondary N) is 2. The highest BCUT2D eigenvalue weighted by atomic mass is 32.2. The minimum atomic E-state index is -1.25. The monoisotopic (exact) mass is 484 g/mol. The van der Waals surface area contributed by atoms with Crippen molar-refractivity contribution in [2.45, 2.75) is 24.3 Å². The number of hydrogen-bond acceptors (Lipinski definition) is 6. The quantitative estimate of drug-likeness (QED) is 0.469. The van der Waals surface area contributed by atoms with Gasteiger partial charge in [0.2, 0.25) is 5.91 Å². The average molecular weight is 485 g/mol. The Hall–Kier alpha value is -3.04. The molecule has 1 saturated heterocycles. The van der Waals surface area contributed by atoms with E-state index in [1.807, 2.05) is 24.3 Å². The predicted molar refractivity (Wildman–Crippen MR) is 129 cm³/mol. The van der Waals surface area contributed by atoms with Gasteiger partial charge in [0.15, 0.2) is 0 Å². The maximum atomic E-state index is 12.2. The highest BCUT2D eigenvalue weighted by Gasteiger charge is 2.41. The van der Waals surface area contributed by atoms with Crippen molar-refractivity contribution in [2.75, 3.05) is 37.9 Å². The van der Waals surface area contributed by atoms with E-state index in [4.69, 9.17) is 9.47 Å². The van der Waals surface area contributed by atoms with Gasteiger partial charge >= 0.3 is 12.1 Å². The lowest BCUT2D eigenvalue weighted by Crippen LogP contribution is -2.57. The molecule has 2 aromatic carbocycles. The van der Waals surface area contributed by atoms with E-state index in [1.54, 1.807) is 0 Å². The normalized spacial score (nSPS) is 16.2. The fourth-order valence-electron chi connectivity index (χ4n) is 4.45. The Morgan fingerprint density at radius 2 is 1.65 bits per heavy atom. The number of carboxylic acid groups (broad SMARTS) is 1. The van der Waals surface area contributed by atoms with E-state index >= 15 is 0 Å². The van der Waals surface area contributed by atoms with E-state index in [9.17, 15) is 19.5 Å². The van der Waals surface area contributed by atoms with Gasteiger partial charge in [-0.2, -0.15) is 11.8 Å². The van der Waals surface area contributed by atoms with Crippen molar-refractivity contribution in [2.24, 2.45) is 0 Å². The number of carbonyl (C=O) groups excluding carboxylic acids is 2. The Morgan fingerprint density at radius 3 is 2.26 bits per heavy atom. The van der Waals surface area contributed by atoms with E-state index in [0.29, 0.717) is 25.5 Å². The van der Waals surface area contributed by atoms with Crippen molar-refractivity contribution >= 4 is 29.7 Å². The number of carboxylic acids is 1. The van der Waals surface area contributed by atoms with Crippen LogP contribution in [0.3, 0.4) is 0 Å². The van der Waals surface area contributed by atoms with E-state index in [-0.39, 0.29) is 37.0 Å². The zero-order valence-corrected chi connectivity index (χ0v) is 19.6. The zero-order chi connectivity index (χ0) is 24.0. The number of benzene rings is 2. The molecule has 0 atom stereocenters. The summed E-state index contributed by atoms with van der Waals surface area (Å²) in [6, 6.07) is 16.3. The second kappa shape index (κ2) is 10.9. The summed E-state index contributed by atoms with van der Waals surface area (Å²) < 4.78 is 10.7. The molecule has 2 aromatic rings. The molecule has 0 spiro atoms. The van der Waals surface area contributed by atoms with Crippen molar-refractivity contribution in [3.63, 3.8) is 0 Å². The van der Waals surface area contributed by atoms with Gasteiger partial charge in [-0.1, -0.05) is 48.5 Å². The highest BCUT2D eigenvalue weighted by Crippen LogP contribution is 2.44. The number of ether oxygens (including phenoxy) is 2. The number of thioether (sulfide) groups is 1. The van der Waals surface area contributed by atoms with Crippen LogP contribution in [0.25, 0.3) is 11.1 Å². The topological polar surface area (TPSA) is 114 Å². The van der Waals surface area contributed by atoms with E-state index in [2.05, 4.69) is 34.9 Å². The summed E-state index contributed by atoms with van der Waals surface area (Å²) in [7, 11) is 0. The van der Waals surface area contributed by atoms with Gasteiger partial charge in [0.25, 0.3) is 0 Å². The number of hydrogen-bond donors (Lipinski definition) is 3. The van der Waals surface area contributed by atoms with Gasteiger partial charge in [-0.3, -0.25) is 4.79 Å². The van der Waals surface area contributed by atoms with E-state index in [0.717, 1.165) is 11.1 Å². The van der Waals surface area contributed by atoms with Crippen molar-refractivity contribution < 1.29 is 29.0 Å². The molecule has 2 aliphatic rings. The lowest BCUT2D eigenvalue weighted by Gasteiger charge is -2.33. The van der Waals surface area contributed by atoms with Crippen LogP contribution >= 0.6 is 11.8 Å². The van der Waals surface area contributed by atoms with Crippen LogP contribution in [0, 0.1) is 0 Å². The van der Waals surface area contributed by atoms with Gasteiger partial charge in [0.05, 0.1) is 5.75 Å². The lowest BCUT2D eigenvalue weighted by molar-refractivity contribution is -0.151. The van der Waals surface area contributed by atoms with Crippen LogP contribution < -0.4 is 10.6 Å². The van der Waals surface area contributed by atoms with Crippen molar-refractivity contribution in [3.8, 4) is 11.1 Å². The van der Waals surface area contributed by atoms with Gasteiger partial charge in [0, 0.05) is 44.3 Å². The van der Waals surface area contributed by atoms with Gasteiger partial charge in [-0.15, -0.1) is 0 Å². The number of alkyl carbamates (subject to hydrolysis) is 1. The van der Waals surface area contributed by atoms with Crippen LogP contribution in [0.2, 0.25) is 0 Å².